The molecule has 106 valence electrons. The summed E-state index contributed by atoms with van der Waals surface area (Å²) < 4.78 is 0. The summed E-state index contributed by atoms with van der Waals surface area (Å²) in [5.74, 6) is 0.295. The number of nitrogens with one attached hydrogen (secondary N) is 1. The number of pyridine rings is 1. The number of aromatic nitrogens is 1. The Kier molecular flexibility index (Phi) is 3.84. The molecule has 0 aliphatic heterocycles. The highest BCUT2D eigenvalue weighted by molar-refractivity contribution is 5.78. The van der Waals surface area contributed by atoms with Crippen LogP contribution >= 0.6 is 0 Å². The summed E-state index contributed by atoms with van der Waals surface area (Å²) in [7, 11) is 1.95. The molecule has 0 aliphatic carbocycles. The highest BCUT2D eigenvalue weighted by Gasteiger charge is 2.12. The zero-order chi connectivity index (χ0) is 14.7. The number of phenolic OH excluding ortho intramolecular Hbond substituents is 1. The molecule has 0 saturated carbocycles. The normalized spacial score (nSPS) is 12.4. The number of hydrogen-bond donors (Lipinski definition) is 2. The van der Waals surface area contributed by atoms with Gasteiger partial charge in [-0.15, -0.1) is 0 Å². The van der Waals surface area contributed by atoms with Gasteiger partial charge in [-0.1, -0.05) is 36.4 Å². The van der Waals surface area contributed by atoms with Crippen LogP contribution in [0.4, 0.5) is 0 Å². The largest absolute Gasteiger partial charge is 0.508 e. The van der Waals surface area contributed by atoms with Gasteiger partial charge in [-0.3, -0.25) is 4.98 Å². The van der Waals surface area contributed by atoms with Gasteiger partial charge < -0.3 is 10.4 Å². The highest BCUT2D eigenvalue weighted by atomic mass is 16.3. The van der Waals surface area contributed by atoms with Crippen LogP contribution in [-0.2, 0) is 6.42 Å². The molecule has 0 saturated heterocycles. The van der Waals surface area contributed by atoms with Crippen molar-refractivity contribution < 1.29 is 5.11 Å². The summed E-state index contributed by atoms with van der Waals surface area (Å²) in [5, 5.41) is 13.8. The lowest BCUT2D eigenvalue weighted by molar-refractivity contribution is 0.474. The Morgan fingerprint density at radius 2 is 1.76 bits per heavy atom. The van der Waals surface area contributed by atoms with E-state index in [9.17, 15) is 5.11 Å². The quantitative estimate of drug-likeness (QED) is 0.768. The van der Waals surface area contributed by atoms with Gasteiger partial charge in [-0.2, -0.15) is 0 Å². The minimum absolute atomic E-state index is 0.152. The molecule has 0 amide bonds. The summed E-state index contributed by atoms with van der Waals surface area (Å²) in [6, 6.07) is 19.8. The zero-order valence-corrected chi connectivity index (χ0v) is 12.0. The van der Waals surface area contributed by atoms with Gasteiger partial charge >= 0.3 is 0 Å². The van der Waals surface area contributed by atoms with Crippen LogP contribution in [0.1, 0.15) is 17.3 Å². The average molecular weight is 278 g/mol. The third kappa shape index (κ3) is 3.03. The minimum Gasteiger partial charge on any atom is -0.508 e. The van der Waals surface area contributed by atoms with Gasteiger partial charge in [0.15, 0.2) is 0 Å². The molecule has 2 aromatic carbocycles. The number of para-hydroxylation sites is 1. The number of fused-ring (bicyclic) bond motifs is 1. The van der Waals surface area contributed by atoms with Crippen LogP contribution in [0.3, 0.4) is 0 Å². The summed E-state index contributed by atoms with van der Waals surface area (Å²) >= 11 is 0. The van der Waals surface area contributed by atoms with Crippen LogP contribution in [0.25, 0.3) is 10.9 Å². The number of aromatic hydroxyl groups is 1. The smallest absolute Gasteiger partial charge is 0.115 e. The van der Waals surface area contributed by atoms with Crippen LogP contribution < -0.4 is 5.32 Å². The van der Waals surface area contributed by atoms with Crippen LogP contribution in [0.15, 0.2) is 60.7 Å². The number of phenols is 1. The van der Waals surface area contributed by atoms with Crippen molar-refractivity contribution in [1.82, 2.24) is 10.3 Å². The fourth-order valence-corrected chi connectivity index (χ4v) is 2.50. The Morgan fingerprint density at radius 3 is 2.52 bits per heavy atom. The predicted octanol–water partition coefficient (Wildman–Crippen LogP) is 3.44. The first-order valence-corrected chi connectivity index (χ1v) is 7.07. The van der Waals surface area contributed by atoms with Gasteiger partial charge in [0.05, 0.1) is 17.3 Å². The van der Waals surface area contributed by atoms with E-state index in [1.807, 2.05) is 37.4 Å². The first-order valence-electron chi connectivity index (χ1n) is 7.07. The number of benzene rings is 2. The maximum absolute atomic E-state index is 9.36. The number of likely N-dealkylation sites (N-methyl/N-ethyl adjacent to an activating group) is 1. The van der Waals surface area contributed by atoms with Gasteiger partial charge in [-0.05, 0) is 43.3 Å². The molecular weight excluding hydrogens is 260 g/mol. The number of nitrogens with zero attached hydrogens (tertiary/aromatic N) is 1. The lowest BCUT2D eigenvalue weighted by atomic mass is 10.0. The van der Waals surface area contributed by atoms with Crippen LogP contribution in [0.5, 0.6) is 5.75 Å². The van der Waals surface area contributed by atoms with Gasteiger partial charge in [0.25, 0.3) is 0 Å². The predicted molar refractivity (Wildman–Crippen MR) is 85.4 cm³/mol. The van der Waals surface area contributed by atoms with Crippen LogP contribution in [-0.4, -0.2) is 17.1 Å². The molecule has 3 rings (SSSR count). The van der Waals surface area contributed by atoms with Crippen molar-refractivity contribution in [2.75, 3.05) is 7.05 Å². The Bertz CT molecular complexity index is 738. The average Bonchev–Trinajstić information content (AvgIpc) is 2.54. The van der Waals surface area contributed by atoms with Gasteiger partial charge in [-0.25, -0.2) is 0 Å². The maximum Gasteiger partial charge on any atom is 0.115 e. The summed E-state index contributed by atoms with van der Waals surface area (Å²) in [6.45, 7) is 0. The molecule has 0 bridgehead atoms. The second kappa shape index (κ2) is 5.94. The molecular formula is C18H18N2O. The first kappa shape index (κ1) is 13.6. The Labute approximate surface area is 124 Å². The van der Waals surface area contributed by atoms with Crippen molar-refractivity contribution >= 4 is 10.9 Å². The SMILES string of the molecule is CNC(Cc1ccc(O)cc1)c1ccc2ccccc2n1. The number of rotatable bonds is 4. The minimum atomic E-state index is 0.152. The Morgan fingerprint density at radius 1 is 1.00 bits per heavy atom. The molecule has 1 unspecified atom stereocenters. The van der Waals surface area contributed by atoms with E-state index in [0.717, 1.165) is 23.0 Å². The lowest BCUT2D eigenvalue weighted by Crippen LogP contribution is -2.20. The molecule has 0 spiro atoms. The molecule has 3 heteroatoms. The van der Waals surface area contributed by atoms with E-state index in [4.69, 9.17) is 4.98 Å². The van der Waals surface area contributed by atoms with Crippen molar-refractivity contribution in [3.8, 4) is 5.75 Å². The van der Waals surface area contributed by atoms with Gasteiger partial charge in [0, 0.05) is 5.39 Å². The zero-order valence-electron chi connectivity index (χ0n) is 12.0. The summed E-state index contributed by atoms with van der Waals surface area (Å²) in [5.41, 5.74) is 3.22. The topological polar surface area (TPSA) is 45.1 Å². The third-order valence-corrected chi connectivity index (χ3v) is 3.70. The van der Waals surface area contributed by atoms with E-state index in [1.165, 1.54) is 5.56 Å². The van der Waals surface area contributed by atoms with Crippen molar-refractivity contribution in [2.45, 2.75) is 12.5 Å². The van der Waals surface area contributed by atoms with Crippen LogP contribution in [0, 0.1) is 0 Å². The van der Waals surface area contributed by atoms with Crippen molar-refractivity contribution in [1.29, 1.82) is 0 Å². The maximum atomic E-state index is 9.36. The molecule has 0 fully saturated rings. The molecule has 1 aromatic heterocycles. The molecule has 0 aliphatic rings. The Hall–Kier alpha value is -2.39. The van der Waals surface area contributed by atoms with E-state index in [1.54, 1.807) is 12.1 Å². The van der Waals surface area contributed by atoms with Crippen LogP contribution in [0.2, 0.25) is 0 Å². The van der Waals surface area contributed by atoms with Crippen molar-refractivity contribution in [2.24, 2.45) is 0 Å². The van der Waals surface area contributed by atoms with Gasteiger partial charge in [0.1, 0.15) is 5.75 Å². The molecule has 3 nitrogen and oxygen atoms in total. The number of hydrogen-bond acceptors (Lipinski definition) is 3. The second-order valence-electron chi connectivity index (χ2n) is 5.14. The fraction of sp³-hybridized carbons (Fsp3) is 0.167. The van der Waals surface area contributed by atoms with Crippen molar-refractivity contribution in [3.05, 3.63) is 71.9 Å². The van der Waals surface area contributed by atoms with E-state index >= 15 is 0 Å². The van der Waals surface area contributed by atoms with Crippen molar-refractivity contribution in [3.63, 3.8) is 0 Å². The lowest BCUT2D eigenvalue weighted by Gasteiger charge is -2.16. The molecule has 1 atom stereocenters. The monoisotopic (exact) mass is 278 g/mol. The third-order valence-electron chi connectivity index (χ3n) is 3.70. The first-order chi connectivity index (χ1) is 10.3. The fourth-order valence-electron chi connectivity index (χ4n) is 2.50. The highest BCUT2D eigenvalue weighted by Crippen LogP contribution is 2.21. The van der Waals surface area contributed by atoms with E-state index in [0.29, 0.717) is 5.75 Å². The second-order valence-corrected chi connectivity index (χ2v) is 5.14. The summed E-state index contributed by atoms with van der Waals surface area (Å²) in [6.07, 6.45) is 0.835. The standard InChI is InChI=1S/C18H18N2O/c1-19-18(12-13-6-9-15(21)10-7-13)17-11-8-14-4-2-3-5-16(14)20-17/h2-11,18-19,21H,12H2,1H3. The molecule has 2 N–H and O–H groups in total. The molecule has 0 radical (unpaired) electrons. The van der Waals surface area contributed by atoms with E-state index in [2.05, 4.69) is 23.5 Å². The molecule has 21 heavy (non-hydrogen) atoms. The Balaban J connectivity index is 1.88. The van der Waals surface area contributed by atoms with E-state index in [-0.39, 0.29) is 6.04 Å². The molecule has 3 aromatic rings. The summed E-state index contributed by atoms with van der Waals surface area (Å²) in [4.78, 5) is 4.75. The molecule has 1 heterocycles. The van der Waals surface area contributed by atoms with E-state index < -0.39 is 0 Å². The van der Waals surface area contributed by atoms with Gasteiger partial charge in [0.2, 0.25) is 0 Å².